The van der Waals surface area contributed by atoms with Gasteiger partial charge in [0.1, 0.15) is 11.3 Å². The normalized spacial score (nSPS) is 17.9. The first kappa shape index (κ1) is 14.5. The van der Waals surface area contributed by atoms with Crippen LogP contribution < -0.4 is 0 Å². The number of likely N-dealkylation sites (tertiary alicyclic amines) is 1. The van der Waals surface area contributed by atoms with Crippen molar-refractivity contribution in [1.82, 2.24) is 19.4 Å². The average molecular weight is 286 g/mol. The van der Waals surface area contributed by atoms with E-state index in [0.29, 0.717) is 5.92 Å². The molecule has 1 fully saturated rings. The molecule has 0 aliphatic carbocycles. The van der Waals surface area contributed by atoms with Crippen molar-refractivity contribution >= 4 is 11.2 Å². The number of rotatable bonds is 4. The number of pyridine rings is 1. The molecule has 0 radical (unpaired) electrons. The van der Waals surface area contributed by atoms with Crippen molar-refractivity contribution in [2.75, 3.05) is 19.6 Å². The van der Waals surface area contributed by atoms with Gasteiger partial charge in [-0.15, -0.1) is 0 Å². The molecule has 0 saturated carbocycles. The predicted molar refractivity (Wildman–Crippen MR) is 86.5 cm³/mol. The molecule has 2 aromatic heterocycles. The number of hydrogen-bond donors (Lipinski definition) is 0. The topological polar surface area (TPSA) is 34.0 Å². The van der Waals surface area contributed by atoms with Gasteiger partial charge in [0.15, 0.2) is 5.65 Å². The number of fused-ring (bicyclic) bond motifs is 1. The Balaban J connectivity index is 1.84. The molecule has 4 nitrogen and oxygen atoms in total. The molecular weight excluding hydrogens is 260 g/mol. The number of imidazole rings is 1. The molecule has 0 atom stereocenters. The van der Waals surface area contributed by atoms with E-state index in [1.54, 1.807) is 0 Å². The molecule has 3 rings (SSSR count). The molecule has 21 heavy (non-hydrogen) atoms. The van der Waals surface area contributed by atoms with Crippen LogP contribution in [0, 0.1) is 5.92 Å². The van der Waals surface area contributed by atoms with E-state index >= 15 is 0 Å². The van der Waals surface area contributed by atoms with E-state index in [0.717, 1.165) is 23.6 Å². The first-order chi connectivity index (χ1) is 10.2. The molecule has 1 aliphatic rings. The van der Waals surface area contributed by atoms with Crippen LogP contribution in [0.15, 0.2) is 18.3 Å². The van der Waals surface area contributed by atoms with Gasteiger partial charge < -0.3 is 9.47 Å². The van der Waals surface area contributed by atoms with Gasteiger partial charge in [-0.2, -0.15) is 0 Å². The summed E-state index contributed by atoms with van der Waals surface area (Å²) in [6.45, 7) is 11.4. The first-order valence-corrected chi connectivity index (χ1v) is 8.22. The molecule has 1 saturated heterocycles. The Labute approximate surface area is 127 Å². The van der Waals surface area contributed by atoms with E-state index in [4.69, 9.17) is 4.98 Å². The highest BCUT2D eigenvalue weighted by molar-refractivity contribution is 5.71. The Kier molecular flexibility index (Phi) is 4.24. The van der Waals surface area contributed by atoms with Crippen LogP contribution in [0.2, 0.25) is 0 Å². The van der Waals surface area contributed by atoms with E-state index in [1.165, 1.54) is 38.3 Å². The lowest BCUT2D eigenvalue weighted by Gasteiger charge is -2.31. The number of piperidine rings is 1. The van der Waals surface area contributed by atoms with Gasteiger partial charge in [0.25, 0.3) is 0 Å². The maximum absolute atomic E-state index is 4.80. The van der Waals surface area contributed by atoms with Gasteiger partial charge >= 0.3 is 0 Å². The highest BCUT2D eigenvalue weighted by Gasteiger charge is 2.22. The second-order valence-corrected chi connectivity index (χ2v) is 6.46. The number of hydrogen-bond acceptors (Lipinski definition) is 3. The summed E-state index contributed by atoms with van der Waals surface area (Å²) in [4.78, 5) is 11.9. The maximum Gasteiger partial charge on any atom is 0.159 e. The molecule has 0 spiro atoms. The number of aromatic nitrogens is 3. The maximum atomic E-state index is 4.80. The molecule has 0 amide bonds. The Hall–Kier alpha value is -1.42. The fraction of sp³-hybridized carbons (Fsp3) is 0.647. The zero-order valence-corrected chi connectivity index (χ0v) is 13.4. The fourth-order valence-electron chi connectivity index (χ4n) is 3.34. The Morgan fingerprint density at radius 2 is 2.05 bits per heavy atom. The molecule has 114 valence electrons. The van der Waals surface area contributed by atoms with Gasteiger partial charge in [0.05, 0.1) is 0 Å². The monoisotopic (exact) mass is 286 g/mol. The van der Waals surface area contributed by atoms with Gasteiger partial charge in [-0.05, 0) is 50.5 Å². The van der Waals surface area contributed by atoms with E-state index in [-0.39, 0.29) is 0 Å². The summed E-state index contributed by atoms with van der Waals surface area (Å²) >= 11 is 0. The summed E-state index contributed by atoms with van der Waals surface area (Å²) in [7, 11) is 0. The largest absolute Gasteiger partial charge is 0.312 e. The third-order valence-corrected chi connectivity index (χ3v) is 4.64. The summed E-state index contributed by atoms with van der Waals surface area (Å²) in [6.07, 6.45) is 4.46. The third kappa shape index (κ3) is 2.95. The van der Waals surface area contributed by atoms with E-state index in [9.17, 15) is 0 Å². The second-order valence-electron chi connectivity index (χ2n) is 6.46. The van der Waals surface area contributed by atoms with Crippen LogP contribution in [-0.2, 0) is 6.54 Å². The quantitative estimate of drug-likeness (QED) is 0.865. The summed E-state index contributed by atoms with van der Waals surface area (Å²) in [5, 5.41) is 0. The van der Waals surface area contributed by atoms with Gasteiger partial charge in [0, 0.05) is 18.7 Å². The van der Waals surface area contributed by atoms with Crippen molar-refractivity contribution < 1.29 is 0 Å². The summed E-state index contributed by atoms with van der Waals surface area (Å²) < 4.78 is 2.37. The van der Waals surface area contributed by atoms with Gasteiger partial charge in [0.2, 0.25) is 0 Å². The molecule has 3 heterocycles. The zero-order chi connectivity index (χ0) is 14.8. The smallest absolute Gasteiger partial charge is 0.159 e. The van der Waals surface area contributed by atoms with E-state index in [2.05, 4.69) is 41.3 Å². The van der Waals surface area contributed by atoms with Crippen molar-refractivity contribution in [3.8, 4) is 0 Å². The summed E-state index contributed by atoms with van der Waals surface area (Å²) in [5.41, 5.74) is 2.09. The lowest BCUT2D eigenvalue weighted by atomic mass is 9.96. The van der Waals surface area contributed by atoms with Crippen LogP contribution in [0.5, 0.6) is 0 Å². The highest BCUT2D eigenvalue weighted by atomic mass is 15.1. The molecule has 2 aromatic rings. The lowest BCUT2D eigenvalue weighted by Crippen LogP contribution is -2.34. The van der Waals surface area contributed by atoms with Gasteiger partial charge in [-0.1, -0.05) is 20.8 Å². The minimum Gasteiger partial charge on any atom is -0.312 e. The highest BCUT2D eigenvalue weighted by Crippen LogP contribution is 2.25. The third-order valence-electron chi connectivity index (χ3n) is 4.64. The molecule has 0 bridgehead atoms. The molecule has 4 heteroatoms. The first-order valence-electron chi connectivity index (χ1n) is 8.22. The molecule has 0 aromatic carbocycles. The van der Waals surface area contributed by atoms with Crippen molar-refractivity contribution in [2.24, 2.45) is 5.92 Å². The van der Waals surface area contributed by atoms with Crippen LogP contribution in [0.1, 0.15) is 45.4 Å². The summed E-state index contributed by atoms with van der Waals surface area (Å²) in [6, 6.07) is 4.05. The molecule has 0 N–H and O–H groups in total. The van der Waals surface area contributed by atoms with Crippen LogP contribution in [0.3, 0.4) is 0 Å². The van der Waals surface area contributed by atoms with Gasteiger partial charge in [-0.3, -0.25) is 0 Å². The van der Waals surface area contributed by atoms with E-state index in [1.807, 2.05) is 12.3 Å². The Bertz CT molecular complexity index is 594. The minimum atomic E-state index is 0.440. The zero-order valence-electron chi connectivity index (χ0n) is 13.4. The number of nitrogens with zero attached hydrogens (tertiary/aromatic N) is 4. The van der Waals surface area contributed by atoms with Crippen molar-refractivity contribution in [3.05, 3.63) is 24.2 Å². The molecule has 1 aliphatic heterocycles. The SMILES string of the molecule is CCN1CCC(Cn2c(C(C)C)nc3cccnc32)CC1. The Morgan fingerprint density at radius 1 is 1.29 bits per heavy atom. The summed E-state index contributed by atoms with van der Waals surface area (Å²) in [5.74, 6) is 2.38. The fourth-order valence-corrected chi connectivity index (χ4v) is 3.34. The average Bonchev–Trinajstić information content (AvgIpc) is 2.87. The van der Waals surface area contributed by atoms with Crippen LogP contribution in [0.4, 0.5) is 0 Å². The van der Waals surface area contributed by atoms with Crippen molar-refractivity contribution in [2.45, 2.75) is 46.1 Å². The standard InChI is InChI=1S/C17H26N4/c1-4-20-10-7-14(8-11-20)12-21-16(13(2)3)19-15-6-5-9-18-17(15)21/h5-6,9,13-14H,4,7-8,10-12H2,1-3H3. The predicted octanol–water partition coefficient (Wildman–Crippen LogP) is 3.29. The van der Waals surface area contributed by atoms with Crippen molar-refractivity contribution in [3.63, 3.8) is 0 Å². The van der Waals surface area contributed by atoms with E-state index < -0.39 is 0 Å². The van der Waals surface area contributed by atoms with Crippen LogP contribution in [0.25, 0.3) is 11.2 Å². The minimum absolute atomic E-state index is 0.440. The molecule has 0 unspecified atom stereocenters. The second kappa shape index (κ2) is 6.14. The Morgan fingerprint density at radius 3 is 2.71 bits per heavy atom. The van der Waals surface area contributed by atoms with Crippen LogP contribution >= 0.6 is 0 Å². The van der Waals surface area contributed by atoms with Crippen molar-refractivity contribution in [1.29, 1.82) is 0 Å². The lowest BCUT2D eigenvalue weighted by molar-refractivity contribution is 0.181. The molecular formula is C17H26N4. The van der Waals surface area contributed by atoms with Crippen LogP contribution in [-0.4, -0.2) is 39.1 Å². The van der Waals surface area contributed by atoms with Gasteiger partial charge in [-0.25, -0.2) is 9.97 Å².